The predicted molar refractivity (Wildman–Crippen MR) is 253 cm³/mol. The van der Waals surface area contributed by atoms with E-state index >= 15 is 0 Å². The number of benzene rings is 9. The van der Waals surface area contributed by atoms with Gasteiger partial charge >= 0.3 is 0 Å². The molecule has 0 saturated carbocycles. The van der Waals surface area contributed by atoms with Gasteiger partial charge in [-0.1, -0.05) is 172 Å². The van der Waals surface area contributed by atoms with Crippen molar-refractivity contribution in [2.75, 3.05) is 4.90 Å². The van der Waals surface area contributed by atoms with Crippen LogP contribution in [0, 0.1) is 0 Å². The molecule has 11 rings (SSSR count). The summed E-state index contributed by atoms with van der Waals surface area (Å²) in [6, 6.07) is 77.8. The number of rotatable bonds is 7. The fourth-order valence-electron chi connectivity index (χ4n) is 9.20. The van der Waals surface area contributed by atoms with Crippen molar-refractivity contribution in [1.29, 1.82) is 0 Å². The first-order valence-electron chi connectivity index (χ1n) is 20.4. The summed E-state index contributed by atoms with van der Waals surface area (Å²) in [6.07, 6.45) is 0. The highest BCUT2D eigenvalue weighted by atomic mass is 32.1. The number of hydrogen-bond acceptors (Lipinski definition) is 2. The van der Waals surface area contributed by atoms with Crippen molar-refractivity contribution in [3.05, 3.63) is 223 Å². The van der Waals surface area contributed by atoms with Gasteiger partial charge in [0.2, 0.25) is 0 Å². The van der Waals surface area contributed by atoms with Gasteiger partial charge in [0, 0.05) is 48.2 Å². The summed E-state index contributed by atoms with van der Waals surface area (Å²) in [4.78, 5) is 2.42. The average molecular weight is 772 g/mol. The van der Waals surface area contributed by atoms with Crippen LogP contribution in [0.25, 0.3) is 75.8 Å². The molecule has 0 amide bonds. The van der Waals surface area contributed by atoms with Crippen LogP contribution in [0.3, 0.4) is 0 Å². The highest BCUT2D eigenvalue weighted by molar-refractivity contribution is 7.26. The van der Waals surface area contributed by atoms with Crippen LogP contribution < -0.4 is 4.90 Å². The first-order chi connectivity index (χ1) is 29.0. The van der Waals surface area contributed by atoms with Crippen LogP contribution in [-0.4, -0.2) is 0 Å². The average Bonchev–Trinajstić information content (AvgIpc) is 3.79. The largest absolute Gasteiger partial charge is 0.310 e. The van der Waals surface area contributed by atoms with E-state index in [2.05, 4.69) is 231 Å². The molecule has 0 unspecified atom stereocenters. The summed E-state index contributed by atoms with van der Waals surface area (Å²) in [5, 5.41) is 2.69. The minimum Gasteiger partial charge on any atom is -0.310 e. The molecule has 0 saturated heterocycles. The second-order valence-corrected chi connectivity index (χ2v) is 17.2. The van der Waals surface area contributed by atoms with E-state index < -0.39 is 0 Å². The summed E-state index contributed by atoms with van der Waals surface area (Å²) >= 11 is 1.92. The van der Waals surface area contributed by atoms with E-state index in [1.54, 1.807) is 0 Å². The standard InChI is InChI=1S/C57H41NS/c1-57(2)52-34-33-50-49-21-9-10-22-54(49)59-56(50)55(52)51-32-31-48(37-53(51)57)58(46-27-23-40(24-28-46)44-19-11-17-42(35-44)38-13-5-3-6-14-38)47-29-25-41(26-30-47)45-20-12-18-43(36-45)39-15-7-4-8-16-39/h3-37H,1-2H3. The number of anilines is 3. The minimum atomic E-state index is -0.155. The molecule has 0 bridgehead atoms. The molecule has 280 valence electrons. The molecule has 1 aromatic heterocycles. The predicted octanol–water partition coefficient (Wildman–Crippen LogP) is 16.5. The molecule has 0 aliphatic heterocycles. The molecule has 59 heavy (non-hydrogen) atoms. The quantitative estimate of drug-likeness (QED) is 0.156. The maximum Gasteiger partial charge on any atom is 0.0465 e. The zero-order valence-electron chi connectivity index (χ0n) is 33.1. The van der Waals surface area contributed by atoms with Crippen molar-refractivity contribution in [1.82, 2.24) is 0 Å². The van der Waals surface area contributed by atoms with Crippen LogP contribution in [0.5, 0.6) is 0 Å². The van der Waals surface area contributed by atoms with Gasteiger partial charge in [0.15, 0.2) is 0 Å². The third kappa shape index (κ3) is 6.07. The number of fused-ring (bicyclic) bond motifs is 7. The zero-order chi connectivity index (χ0) is 39.5. The molecule has 1 heterocycles. The number of nitrogens with zero attached hydrogens (tertiary/aromatic N) is 1. The molecular formula is C57H41NS. The van der Waals surface area contributed by atoms with Crippen LogP contribution >= 0.6 is 11.3 Å². The summed E-state index contributed by atoms with van der Waals surface area (Å²) in [6.45, 7) is 4.78. The molecule has 0 spiro atoms. The van der Waals surface area contributed by atoms with Crippen LogP contribution in [0.15, 0.2) is 212 Å². The molecule has 0 radical (unpaired) electrons. The van der Waals surface area contributed by atoms with Crippen molar-refractivity contribution in [2.24, 2.45) is 0 Å². The Bertz CT molecular complexity index is 3030. The molecule has 2 heteroatoms. The van der Waals surface area contributed by atoms with Crippen molar-refractivity contribution < 1.29 is 0 Å². The van der Waals surface area contributed by atoms with E-state index in [4.69, 9.17) is 0 Å². The normalized spacial score (nSPS) is 12.7. The fraction of sp³-hybridized carbons (Fsp3) is 0.0526. The third-order valence-electron chi connectivity index (χ3n) is 12.3. The second-order valence-electron chi connectivity index (χ2n) is 16.1. The lowest BCUT2D eigenvalue weighted by Crippen LogP contribution is -2.16. The lowest BCUT2D eigenvalue weighted by Gasteiger charge is -2.28. The van der Waals surface area contributed by atoms with Crippen LogP contribution in [0.1, 0.15) is 25.0 Å². The Labute approximate surface area is 350 Å². The van der Waals surface area contributed by atoms with Gasteiger partial charge in [0.1, 0.15) is 0 Å². The highest BCUT2D eigenvalue weighted by Crippen LogP contribution is 2.55. The van der Waals surface area contributed by atoms with Crippen LogP contribution in [0.4, 0.5) is 17.1 Å². The summed E-state index contributed by atoms with van der Waals surface area (Å²) < 4.78 is 2.73. The molecule has 0 fully saturated rings. The summed E-state index contributed by atoms with van der Waals surface area (Å²) in [7, 11) is 0. The SMILES string of the molecule is CC1(C)c2cc(N(c3ccc(-c4cccc(-c5ccccc5)c4)cc3)c3ccc(-c4cccc(-c5ccccc5)c4)cc3)ccc2-c2c1ccc1c2sc2ccccc21. The Morgan fingerprint density at radius 2 is 0.831 bits per heavy atom. The molecule has 0 atom stereocenters. The highest BCUT2D eigenvalue weighted by Gasteiger charge is 2.37. The topological polar surface area (TPSA) is 3.24 Å². The van der Waals surface area contributed by atoms with Crippen molar-refractivity contribution in [3.8, 4) is 55.6 Å². The van der Waals surface area contributed by atoms with Crippen LogP contribution in [0.2, 0.25) is 0 Å². The van der Waals surface area contributed by atoms with E-state index in [0.717, 1.165) is 17.1 Å². The van der Waals surface area contributed by atoms with Gasteiger partial charge in [-0.3, -0.25) is 0 Å². The Balaban J connectivity index is 1.01. The van der Waals surface area contributed by atoms with Gasteiger partial charge in [-0.05, 0) is 116 Å². The van der Waals surface area contributed by atoms with Gasteiger partial charge in [0.25, 0.3) is 0 Å². The Morgan fingerprint density at radius 3 is 1.39 bits per heavy atom. The van der Waals surface area contributed by atoms with Crippen molar-refractivity contribution >= 4 is 48.6 Å². The van der Waals surface area contributed by atoms with E-state index in [1.807, 2.05) is 11.3 Å². The zero-order valence-corrected chi connectivity index (χ0v) is 33.9. The Hall–Kier alpha value is -7.00. The molecule has 1 nitrogen and oxygen atoms in total. The van der Waals surface area contributed by atoms with Crippen molar-refractivity contribution in [2.45, 2.75) is 19.3 Å². The first-order valence-corrected chi connectivity index (χ1v) is 21.2. The molecule has 10 aromatic rings. The lowest BCUT2D eigenvalue weighted by molar-refractivity contribution is 0.661. The molecule has 1 aliphatic carbocycles. The number of thiophene rings is 1. The smallest absolute Gasteiger partial charge is 0.0465 e. The maximum absolute atomic E-state index is 2.45. The van der Waals surface area contributed by atoms with Gasteiger partial charge in [0.05, 0.1) is 0 Å². The lowest BCUT2D eigenvalue weighted by atomic mass is 9.82. The summed E-state index contributed by atoms with van der Waals surface area (Å²) in [5.74, 6) is 0. The molecule has 9 aromatic carbocycles. The Kier molecular flexibility index (Phi) is 8.43. The minimum absolute atomic E-state index is 0.155. The van der Waals surface area contributed by atoms with E-state index in [-0.39, 0.29) is 5.41 Å². The first kappa shape index (κ1) is 35.2. The van der Waals surface area contributed by atoms with Crippen molar-refractivity contribution in [3.63, 3.8) is 0 Å². The van der Waals surface area contributed by atoms with Gasteiger partial charge in [-0.25, -0.2) is 0 Å². The third-order valence-corrected chi connectivity index (χ3v) is 13.5. The molecular weight excluding hydrogens is 731 g/mol. The monoisotopic (exact) mass is 771 g/mol. The molecule has 0 N–H and O–H groups in total. The van der Waals surface area contributed by atoms with E-state index in [9.17, 15) is 0 Å². The van der Waals surface area contributed by atoms with Gasteiger partial charge < -0.3 is 4.90 Å². The van der Waals surface area contributed by atoms with Gasteiger partial charge in [-0.15, -0.1) is 11.3 Å². The van der Waals surface area contributed by atoms with E-state index in [0.29, 0.717) is 0 Å². The second kappa shape index (κ2) is 14.1. The number of hydrogen-bond donors (Lipinski definition) is 0. The summed E-state index contributed by atoms with van der Waals surface area (Å²) in [5.41, 5.74) is 18.4. The van der Waals surface area contributed by atoms with Gasteiger partial charge in [-0.2, -0.15) is 0 Å². The maximum atomic E-state index is 2.45. The Morgan fingerprint density at radius 1 is 0.356 bits per heavy atom. The molecule has 1 aliphatic rings. The fourth-order valence-corrected chi connectivity index (χ4v) is 10.5. The van der Waals surface area contributed by atoms with E-state index in [1.165, 1.54) is 86.9 Å². The van der Waals surface area contributed by atoms with Crippen LogP contribution in [-0.2, 0) is 5.41 Å².